The van der Waals surface area contributed by atoms with Gasteiger partial charge >= 0.3 is 0 Å². The molecule has 4 nitrogen and oxygen atoms in total. The van der Waals surface area contributed by atoms with Gasteiger partial charge in [0.25, 0.3) is 5.56 Å². The number of rotatable bonds is 4. The zero-order chi connectivity index (χ0) is 16.4. The minimum Gasteiger partial charge on any atom is -0.399 e. The average molecular weight is 328 g/mol. The zero-order valence-corrected chi connectivity index (χ0v) is 13.7. The smallest absolute Gasteiger partial charge is 0.261 e. The predicted molar refractivity (Wildman–Crippen MR) is 95.0 cm³/mol. The summed E-state index contributed by atoms with van der Waals surface area (Å²) < 4.78 is 1.72. The second kappa shape index (κ2) is 6.42. The Bertz CT molecular complexity index is 918. The first kappa shape index (κ1) is 15.6. The van der Waals surface area contributed by atoms with E-state index in [-0.39, 0.29) is 5.56 Å². The van der Waals surface area contributed by atoms with Gasteiger partial charge in [-0.3, -0.25) is 9.36 Å². The van der Waals surface area contributed by atoms with E-state index < -0.39 is 0 Å². The highest BCUT2D eigenvalue weighted by Crippen LogP contribution is 2.16. The van der Waals surface area contributed by atoms with E-state index in [1.165, 1.54) is 0 Å². The van der Waals surface area contributed by atoms with Crippen LogP contribution < -0.4 is 11.3 Å². The normalized spacial score (nSPS) is 11.0. The molecule has 0 unspecified atom stereocenters. The van der Waals surface area contributed by atoms with Crippen LogP contribution in [0.1, 0.15) is 24.7 Å². The highest BCUT2D eigenvalue weighted by atomic mass is 35.5. The van der Waals surface area contributed by atoms with Crippen LogP contribution in [0.2, 0.25) is 5.02 Å². The van der Waals surface area contributed by atoms with Gasteiger partial charge in [0, 0.05) is 17.1 Å². The van der Waals surface area contributed by atoms with Gasteiger partial charge in [0.1, 0.15) is 5.82 Å². The van der Waals surface area contributed by atoms with Crippen molar-refractivity contribution in [2.75, 3.05) is 5.73 Å². The second-order valence-electron chi connectivity index (χ2n) is 5.58. The molecule has 23 heavy (non-hydrogen) atoms. The number of hydrogen-bond acceptors (Lipinski definition) is 3. The molecule has 0 aliphatic heterocycles. The van der Waals surface area contributed by atoms with Crippen molar-refractivity contribution >= 4 is 28.2 Å². The Morgan fingerprint density at radius 2 is 2.04 bits per heavy atom. The summed E-state index contributed by atoms with van der Waals surface area (Å²) in [6.07, 6.45) is 1.67. The molecule has 0 bridgehead atoms. The molecular formula is C18H18ClN3O. The Hall–Kier alpha value is -2.33. The molecular weight excluding hydrogens is 310 g/mol. The summed E-state index contributed by atoms with van der Waals surface area (Å²) in [6.45, 7) is 2.52. The van der Waals surface area contributed by atoms with E-state index >= 15 is 0 Å². The van der Waals surface area contributed by atoms with Gasteiger partial charge < -0.3 is 5.73 Å². The predicted octanol–water partition coefficient (Wildman–Crippen LogP) is 3.63. The van der Waals surface area contributed by atoms with Crippen molar-refractivity contribution in [2.24, 2.45) is 0 Å². The molecule has 0 fully saturated rings. The largest absolute Gasteiger partial charge is 0.399 e. The number of halogens is 1. The lowest BCUT2D eigenvalue weighted by Gasteiger charge is -2.13. The number of nitrogen functional groups attached to an aromatic ring is 1. The summed E-state index contributed by atoms with van der Waals surface area (Å²) in [4.78, 5) is 17.6. The van der Waals surface area contributed by atoms with Crippen molar-refractivity contribution in [3.63, 3.8) is 0 Å². The Morgan fingerprint density at radius 3 is 2.78 bits per heavy atom. The van der Waals surface area contributed by atoms with E-state index in [9.17, 15) is 4.79 Å². The fourth-order valence-corrected chi connectivity index (χ4v) is 2.89. The first-order chi connectivity index (χ1) is 11.1. The van der Waals surface area contributed by atoms with Crippen molar-refractivity contribution in [1.82, 2.24) is 9.55 Å². The maximum atomic E-state index is 12.9. The number of hydrogen-bond donors (Lipinski definition) is 1. The van der Waals surface area contributed by atoms with Crippen LogP contribution in [0.4, 0.5) is 5.69 Å². The van der Waals surface area contributed by atoms with Gasteiger partial charge in [-0.2, -0.15) is 0 Å². The van der Waals surface area contributed by atoms with Gasteiger partial charge in [0.05, 0.1) is 17.4 Å². The van der Waals surface area contributed by atoms with Crippen molar-refractivity contribution < 1.29 is 0 Å². The summed E-state index contributed by atoms with van der Waals surface area (Å²) in [5.41, 5.74) is 7.98. The van der Waals surface area contributed by atoms with Crippen molar-refractivity contribution in [3.05, 3.63) is 69.2 Å². The number of benzene rings is 2. The van der Waals surface area contributed by atoms with Gasteiger partial charge in [-0.05, 0) is 42.3 Å². The van der Waals surface area contributed by atoms with Gasteiger partial charge in [0.2, 0.25) is 0 Å². The van der Waals surface area contributed by atoms with Crippen LogP contribution in [0.3, 0.4) is 0 Å². The Labute approximate surface area is 139 Å². The van der Waals surface area contributed by atoms with Crippen molar-refractivity contribution in [3.8, 4) is 0 Å². The average Bonchev–Trinajstić information content (AvgIpc) is 2.52. The molecule has 118 valence electrons. The number of fused-ring (bicyclic) bond motifs is 1. The van der Waals surface area contributed by atoms with E-state index in [0.29, 0.717) is 28.2 Å². The van der Waals surface area contributed by atoms with Crippen molar-refractivity contribution in [1.29, 1.82) is 0 Å². The standard InChI is InChI=1S/C18H18ClN3O/c1-2-4-17-21-16-8-7-14(20)10-15(16)18(23)22(17)11-12-5-3-6-13(19)9-12/h3,5-10H,2,4,11,20H2,1H3. The highest BCUT2D eigenvalue weighted by molar-refractivity contribution is 6.30. The molecule has 0 saturated carbocycles. The number of anilines is 1. The van der Waals surface area contributed by atoms with Crippen LogP contribution in [-0.2, 0) is 13.0 Å². The fraction of sp³-hybridized carbons (Fsp3) is 0.222. The summed E-state index contributed by atoms with van der Waals surface area (Å²) in [5.74, 6) is 0.787. The number of nitrogens with two attached hydrogens (primary N) is 1. The number of aromatic nitrogens is 2. The van der Waals surface area contributed by atoms with Crippen LogP contribution in [0.15, 0.2) is 47.3 Å². The molecule has 0 radical (unpaired) electrons. The zero-order valence-electron chi connectivity index (χ0n) is 12.9. The Kier molecular flexibility index (Phi) is 4.35. The van der Waals surface area contributed by atoms with Crippen LogP contribution in [0.5, 0.6) is 0 Å². The third kappa shape index (κ3) is 3.22. The van der Waals surface area contributed by atoms with Crippen molar-refractivity contribution in [2.45, 2.75) is 26.3 Å². The quantitative estimate of drug-likeness (QED) is 0.744. The minimum atomic E-state index is -0.0641. The molecule has 1 heterocycles. The molecule has 0 spiro atoms. The fourth-order valence-electron chi connectivity index (χ4n) is 2.68. The summed E-state index contributed by atoms with van der Waals surface area (Å²) >= 11 is 6.05. The SMILES string of the molecule is CCCc1nc2ccc(N)cc2c(=O)n1Cc1cccc(Cl)c1. The molecule has 0 atom stereocenters. The summed E-state index contributed by atoms with van der Waals surface area (Å²) in [5, 5.41) is 1.21. The monoisotopic (exact) mass is 327 g/mol. The third-order valence-corrected chi connectivity index (χ3v) is 4.00. The molecule has 5 heteroatoms. The van der Waals surface area contributed by atoms with E-state index in [4.69, 9.17) is 17.3 Å². The molecule has 1 aromatic heterocycles. The van der Waals surface area contributed by atoms with Gasteiger partial charge in [-0.15, -0.1) is 0 Å². The Balaban J connectivity index is 2.18. The van der Waals surface area contributed by atoms with Crippen LogP contribution in [0.25, 0.3) is 10.9 Å². The minimum absolute atomic E-state index is 0.0641. The maximum Gasteiger partial charge on any atom is 0.261 e. The van der Waals surface area contributed by atoms with E-state index in [1.54, 1.807) is 22.8 Å². The first-order valence-electron chi connectivity index (χ1n) is 7.62. The third-order valence-electron chi connectivity index (χ3n) is 3.76. The topological polar surface area (TPSA) is 60.9 Å². The van der Waals surface area contributed by atoms with Crippen LogP contribution >= 0.6 is 11.6 Å². The van der Waals surface area contributed by atoms with E-state index in [1.807, 2.05) is 24.3 Å². The maximum absolute atomic E-state index is 12.9. The molecule has 2 aromatic carbocycles. The van der Waals surface area contributed by atoms with Crippen LogP contribution in [-0.4, -0.2) is 9.55 Å². The Morgan fingerprint density at radius 1 is 1.22 bits per heavy atom. The molecule has 0 aliphatic carbocycles. The molecule has 3 rings (SSSR count). The summed E-state index contributed by atoms with van der Waals surface area (Å²) in [6, 6.07) is 12.8. The molecule has 2 N–H and O–H groups in total. The molecule has 0 saturated heterocycles. The molecule has 3 aromatic rings. The lowest BCUT2D eigenvalue weighted by Crippen LogP contribution is -2.26. The lowest BCUT2D eigenvalue weighted by atomic mass is 10.2. The number of nitrogens with zero attached hydrogens (tertiary/aromatic N) is 2. The molecule has 0 aliphatic rings. The van der Waals surface area contributed by atoms with E-state index in [0.717, 1.165) is 24.2 Å². The van der Waals surface area contributed by atoms with Gasteiger partial charge in [0.15, 0.2) is 0 Å². The number of aryl methyl sites for hydroxylation is 1. The second-order valence-corrected chi connectivity index (χ2v) is 6.01. The summed E-state index contributed by atoms with van der Waals surface area (Å²) in [7, 11) is 0. The first-order valence-corrected chi connectivity index (χ1v) is 7.99. The van der Waals surface area contributed by atoms with Gasteiger partial charge in [-0.25, -0.2) is 4.98 Å². The lowest BCUT2D eigenvalue weighted by molar-refractivity contribution is 0.665. The molecule has 0 amide bonds. The van der Waals surface area contributed by atoms with Gasteiger partial charge in [-0.1, -0.05) is 30.7 Å². The highest BCUT2D eigenvalue weighted by Gasteiger charge is 2.11. The van der Waals surface area contributed by atoms with E-state index in [2.05, 4.69) is 11.9 Å². The van der Waals surface area contributed by atoms with Crippen LogP contribution in [0, 0.1) is 0 Å².